The van der Waals surface area contributed by atoms with E-state index in [1.807, 2.05) is 31.3 Å². The van der Waals surface area contributed by atoms with Crippen LogP contribution < -0.4 is 15.0 Å². The summed E-state index contributed by atoms with van der Waals surface area (Å²) in [7, 11) is 0. The molecule has 0 saturated carbocycles. The molecular weight excluding hydrogens is 483 g/mol. The van der Waals surface area contributed by atoms with E-state index in [0.29, 0.717) is 26.8 Å². The van der Waals surface area contributed by atoms with Crippen LogP contribution in [0.4, 0.5) is 5.82 Å². The maximum absolute atomic E-state index is 6.31. The van der Waals surface area contributed by atoms with Crippen LogP contribution in [0.5, 0.6) is 5.75 Å². The van der Waals surface area contributed by atoms with Gasteiger partial charge in [-0.25, -0.2) is 4.98 Å². The van der Waals surface area contributed by atoms with Crippen LogP contribution >= 0.6 is 23.2 Å². The summed E-state index contributed by atoms with van der Waals surface area (Å²) in [5.41, 5.74) is 3.92. The minimum atomic E-state index is -0.341. The number of aromatic amines is 1. The molecule has 6 rings (SSSR count). The van der Waals surface area contributed by atoms with Crippen molar-refractivity contribution in [1.82, 2.24) is 25.5 Å². The topological polar surface area (TPSA) is 79.0 Å². The van der Waals surface area contributed by atoms with Crippen molar-refractivity contribution < 1.29 is 4.74 Å². The number of hydrogen-bond donors (Lipinski definition) is 2. The predicted molar refractivity (Wildman–Crippen MR) is 139 cm³/mol. The zero-order valence-corrected chi connectivity index (χ0v) is 20.9. The molecule has 9 heteroatoms. The molecule has 2 aliphatic heterocycles. The lowest BCUT2D eigenvalue weighted by atomic mass is 9.72. The zero-order chi connectivity index (χ0) is 24.0. The summed E-state index contributed by atoms with van der Waals surface area (Å²) in [6, 6.07) is 10.0. The van der Waals surface area contributed by atoms with E-state index in [1.54, 1.807) is 12.4 Å². The largest absolute Gasteiger partial charge is 0.486 e. The van der Waals surface area contributed by atoms with E-state index in [9.17, 15) is 0 Å². The van der Waals surface area contributed by atoms with Gasteiger partial charge in [-0.05, 0) is 63.2 Å². The number of ether oxygens (including phenoxy) is 1. The normalized spacial score (nSPS) is 18.0. The second-order valence-electron chi connectivity index (χ2n) is 9.57. The number of aromatic nitrogens is 4. The molecule has 1 atom stereocenters. The molecule has 35 heavy (non-hydrogen) atoms. The Kier molecular flexibility index (Phi) is 5.79. The summed E-state index contributed by atoms with van der Waals surface area (Å²) in [6.07, 6.45) is 7.22. The van der Waals surface area contributed by atoms with Crippen molar-refractivity contribution in [1.29, 1.82) is 0 Å². The van der Waals surface area contributed by atoms with Crippen LogP contribution in [0.2, 0.25) is 10.0 Å². The maximum Gasteiger partial charge on any atom is 0.128 e. The van der Waals surface area contributed by atoms with E-state index < -0.39 is 0 Å². The molecule has 4 aromatic rings. The number of pyridine rings is 2. The first-order chi connectivity index (χ1) is 17.0. The molecule has 1 unspecified atom stereocenters. The number of H-pyrrole nitrogens is 1. The Labute approximate surface area is 213 Å². The van der Waals surface area contributed by atoms with E-state index in [2.05, 4.69) is 37.5 Å². The first kappa shape index (κ1) is 22.6. The van der Waals surface area contributed by atoms with Crippen molar-refractivity contribution in [3.05, 3.63) is 64.5 Å². The van der Waals surface area contributed by atoms with E-state index in [0.717, 1.165) is 54.2 Å². The predicted octanol–water partition coefficient (Wildman–Crippen LogP) is 5.66. The Morgan fingerprint density at radius 2 is 1.80 bits per heavy atom. The van der Waals surface area contributed by atoms with Gasteiger partial charge in [0.2, 0.25) is 0 Å². The van der Waals surface area contributed by atoms with Crippen LogP contribution in [0.1, 0.15) is 31.4 Å². The highest BCUT2D eigenvalue weighted by molar-refractivity contribution is 6.35. The second kappa shape index (κ2) is 8.97. The van der Waals surface area contributed by atoms with Crippen molar-refractivity contribution in [3.8, 4) is 17.0 Å². The quantitative estimate of drug-likeness (QED) is 0.362. The number of hydrogen-bond acceptors (Lipinski definition) is 6. The molecule has 2 N–H and O–H groups in total. The van der Waals surface area contributed by atoms with Gasteiger partial charge in [-0.2, -0.15) is 5.10 Å². The van der Waals surface area contributed by atoms with Gasteiger partial charge in [0.15, 0.2) is 0 Å². The molecule has 1 spiro atoms. The van der Waals surface area contributed by atoms with Gasteiger partial charge in [-0.3, -0.25) is 10.1 Å². The standard InChI is InChI=1S/C26H26Cl2N6O/c1-16(24-20(27)12-30-13-21(24)28)35-18-3-4-22-19(10-18)25(33-32-22)17-2-5-23(31-11-17)34-14-26(15-34)6-8-29-9-7-26/h2-5,10-13,16,29H,6-9,14-15H2,1H3,(H,32,33). The third-order valence-corrected chi connectivity index (χ3v) is 7.81. The third-order valence-electron chi connectivity index (χ3n) is 7.21. The number of halogens is 2. The van der Waals surface area contributed by atoms with Crippen molar-refractivity contribution in [3.63, 3.8) is 0 Å². The molecule has 7 nitrogen and oxygen atoms in total. The fourth-order valence-corrected chi connectivity index (χ4v) is 5.94. The van der Waals surface area contributed by atoms with E-state index in [-0.39, 0.29) is 6.10 Å². The molecule has 0 amide bonds. The molecule has 3 aromatic heterocycles. The number of piperidine rings is 1. The molecule has 0 bridgehead atoms. The summed E-state index contributed by atoms with van der Waals surface area (Å²) in [6.45, 7) is 6.35. The number of rotatable bonds is 5. The van der Waals surface area contributed by atoms with Crippen LogP contribution in [0, 0.1) is 5.41 Å². The Morgan fingerprint density at radius 3 is 2.51 bits per heavy atom. The molecule has 0 radical (unpaired) electrons. The first-order valence-electron chi connectivity index (χ1n) is 11.9. The van der Waals surface area contributed by atoms with E-state index in [4.69, 9.17) is 32.9 Å². The number of nitrogens with one attached hydrogen (secondary N) is 2. The number of benzene rings is 1. The van der Waals surface area contributed by atoms with Gasteiger partial charge in [0, 0.05) is 53.6 Å². The average molecular weight is 509 g/mol. The van der Waals surface area contributed by atoms with Crippen LogP contribution in [0.25, 0.3) is 22.2 Å². The van der Waals surface area contributed by atoms with Crippen molar-refractivity contribution >= 4 is 39.9 Å². The van der Waals surface area contributed by atoms with Gasteiger partial charge in [0.1, 0.15) is 23.4 Å². The molecule has 5 heterocycles. The molecule has 2 saturated heterocycles. The Balaban J connectivity index is 1.21. The summed E-state index contributed by atoms with van der Waals surface area (Å²) in [5, 5.41) is 13.1. The number of nitrogens with zero attached hydrogens (tertiary/aromatic N) is 4. The van der Waals surface area contributed by atoms with Crippen LogP contribution in [0.15, 0.2) is 48.9 Å². The van der Waals surface area contributed by atoms with Gasteiger partial charge in [-0.15, -0.1) is 0 Å². The Bertz CT molecular complexity index is 1340. The van der Waals surface area contributed by atoms with Gasteiger partial charge < -0.3 is 15.0 Å². The minimum absolute atomic E-state index is 0.341. The molecule has 2 fully saturated rings. The fourth-order valence-electron chi connectivity index (χ4n) is 5.27. The highest BCUT2D eigenvalue weighted by atomic mass is 35.5. The minimum Gasteiger partial charge on any atom is -0.486 e. The van der Waals surface area contributed by atoms with E-state index >= 15 is 0 Å². The van der Waals surface area contributed by atoms with E-state index in [1.165, 1.54) is 12.8 Å². The summed E-state index contributed by atoms with van der Waals surface area (Å²) in [4.78, 5) is 11.2. The first-order valence-corrected chi connectivity index (χ1v) is 12.6. The third kappa shape index (κ3) is 4.22. The molecule has 180 valence electrons. The summed E-state index contributed by atoms with van der Waals surface area (Å²) < 4.78 is 6.19. The second-order valence-corrected chi connectivity index (χ2v) is 10.4. The molecular formula is C26H26Cl2N6O. The summed E-state index contributed by atoms with van der Waals surface area (Å²) >= 11 is 12.6. The monoisotopic (exact) mass is 508 g/mol. The average Bonchev–Trinajstić information content (AvgIpc) is 3.26. The highest BCUT2D eigenvalue weighted by Gasteiger charge is 2.43. The number of fused-ring (bicyclic) bond motifs is 1. The van der Waals surface area contributed by atoms with Gasteiger partial charge in [0.25, 0.3) is 0 Å². The van der Waals surface area contributed by atoms with Crippen molar-refractivity contribution in [2.75, 3.05) is 31.1 Å². The molecule has 1 aromatic carbocycles. The maximum atomic E-state index is 6.31. The lowest BCUT2D eigenvalue weighted by Gasteiger charge is -2.53. The van der Waals surface area contributed by atoms with Crippen molar-refractivity contribution in [2.24, 2.45) is 5.41 Å². The molecule has 0 aliphatic carbocycles. The van der Waals surface area contributed by atoms with Gasteiger partial charge in [-0.1, -0.05) is 23.2 Å². The van der Waals surface area contributed by atoms with Crippen LogP contribution in [0.3, 0.4) is 0 Å². The Morgan fingerprint density at radius 1 is 1.03 bits per heavy atom. The van der Waals surface area contributed by atoms with Gasteiger partial charge >= 0.3 is 0 Å². The molecule has 2 aliphatic rings. The summed E-state index contributed by atoms with van der Waals surface area (Å²) in [5.74, 6) is 1.73. The lowest BCUT2D eigenvalue weighted by molar-refractivity contribution is 0.149. The van der Waals surface area contributed by atoms with Crippen molar-refractivity contribution in [2.45, 2.75) is 25.9 Å². The SMILES string of the molecule is CC(Oc1ccc2[nH]nc(-c3ccc(N4CC5(CCNCC5)C4)nc3)c2c1)c1c(Cl)cncc1Cl. The lowest BCUT2D eigenvalue weighted by Crippen LogP contribution is -2.60. The smallest absolute Gasteiger partial charge is 0.128 e. The Hall–Kier alpha value is -2.87. The zero-order valence-electron chi connectivity index (χ0n) is 19.4. The number of anilines is 1. The van der Waals surface area contributed by atoms with Crippen LogP contribution in [-0.2, 0) is 0 Å². The van der Waals surface area contributed by atoms with Crippen LogP contribution in [-0.4, -0.2) is 46.3 Å². The highest BCUT2D eigenvalue weighted by Crippen LogP contribution is 2.41. The van der Waals surface area contributed by atoms with Gasteiger partial charge in [0.05, 0.1) is 15.6 Å². The fraction of sp³-hybridized carbons (Fsp3) is 0.346.